The third-order valence-corrected chi connectivity index (χ3v) is 5.82. The molecule has 2 atom stereocenters. The summed E-state index contributed by atoms with van der Waals surface area (Å²) >= 11 is 1.62. The quantitative estimate of drug-likeness (QED) is 0.621. The van der Waals surface area contributed by atoms with Crippen molar-refractivity contribution in [1.82, 2.24) is 14.9 Å². The highest BCUT2D eigenvalue weighted by atomic mass is 32.1. The van der Waals surface area contributed by atoms with Gasteiger partial charge in [-0.2, -0.15) is 0 Å². The summed E-state index contributed by atoms with van der Waals surface area (Å²) in [5.41, 5.74) is 7.62. The number of fused-ring (bicyclic) bond motifs is 1. The highest BCUT2D eigenvalue weighted by molar-refractivity contribution is 7.17. The van der Waals surface area contributed by atoms with Crippen molar-refractivity contribution in [3.05, 3.63) is 41.5 Å². The fraction of sp³-hybridized carbons (Fsp3) is 0.381. The zero-order valence-electron chi connectivity index (χ0n) is 16.6. The molecule has 2 aromatic heterocycles. The number of carbonyl (C=O) groups excluding carboxylic acids is 1. The molecule has 0 spiro atoms. The zero-order chi connectivity index (χ0) is 20.4. The number of nitrogens with two attached hydrogens (primary N) is 1. The standard InChI is InChI=1S/C21H25N5O2S/c1-26(2)11-17-24-20(23-10-14-8-9-16(28-14)19(22)27)18-15(12-29-21(18)25-17)13-6-4-3-5-7-13/h3-7,12,14,16H,8-11H2,1-2H3,(H2,22,27)(H,23,24,25). The molecule has 7 nitrogen and oxygen atoms in total. The predicted molar refractivity (Wildman–Crippen MR) is 116 cm³/mol. The first-order chi connectivity index (χ1) is 14.0. The summed E-state index contributed by atoms with van der Waals surface area (Å²) in [6.07, 6.45) is 0.917. The number of carbonyl (C=O) groups is 1. The molecule has 0 aliphatic carbocycles. The van der Waals surface area contributed by atoms with Crippen molar-refractivity contribution in [3.63, 3.8) is 0 Å². The van der Waals surface area contributed by atoms with E-state index in [1.807, 2.05) is 37.2 Å². The van der Waals surface area contributed by atoms with Gasteiger partial charge in [-0.3, -0.25) is 4.79 Å². The van der Waals surface area contributed by atoms with Crippen LogP contribution in [0.15, 0.2) is 35.7 Å². The molecule has 1 aromatic carbocycles. The number of ether oxygens (including phenoxy) is 1. The second-order valence-electron chi connectivity index (χ2n) is 7.53. The number of primary amides is 1. The van der Waals surface area contributed by atoms with Crippen LogP contribution in [0.25, 0.3) is 21.3 Å². The summed E-state index contributed by atoms with van der Waals surface area (Å²) in [5, 5.41) is 6.61. The molecule has 152 valence electrons. The van der Waals surface area contributed by atoms with Crippen LogP contribution in [0.3, 0.4) is 0 Å². The highest BCUT2D eigenvalue weighted by Crippen LogP contribution is 2.37. The lowest BCUT2D eigenvalue weighted by Gasteiger charge is -2.16. The number of rotatable bonds is 7. The van der Waals surface area contributed by atoms with Gasteiger partial charge in [-0.05, 0) is 32.5 Å². The summed E-state index contributed by atoms with van der Waals surface area (Å²) in [4.78, 5) is 24.0. The molecule has 1 amide bonds. The van der Waals surface area contributed by atoms with E-state index in [0.29, 0.717) is 19.5 Å². The molecule has 29 heavy (non-hydrogen) atoms. The smallest absolute Gasteiger partial charge is 0.246 e. The number of anilines is 1. The molecule has 3 N–H and O–H groups in total. The normalized spacial score (nSPS) is 19.1. The molecule has 1 saturated heterocycles. The molecule has 0 bridgehead atoms. The van der Waals surface area contributed by atoms with Gasteiger partial charge in [-0.25, -0.2) is 9.97 Å². The molecule has 1 fully saturated rings. The summed E-state index contributed by atoms with van der Waals surface area (Å²) < 4.78 is 5.76. The molecule has 3 aromatic rings. The molecule has 0 radical (unpaired) electrons. The Morgan fingerprint density at radius 2 is 2.07 bits per heavy atom. The largest absolute Gasteiger partial charge is 0.367 e. The number of nitrogens with one attached hydrogen (secondary N) is 1. The van der Waals surface area contributed by atoms with Gasteiger partial charge in [-0.15, -0.1) is 11.3 Å². The maximum atomic E-state index is 11.4. The molecule has 1 aliphatic heterocycles. The fourth-order valence-electron chi connectivity index (χ4n) is 3.57. The lowest BCUT2D eigenvalue weighted by atomic mass is 10.1. The van der Waals surface area contributed by atoms with Crippen molar-refractivity contribution in [1.29, 1.82) is 0 Å². The molecule has 8 heteroatoms. The van der Waals surface area contributed by atoms with Gasteiger partial charge in [0.25, 0.3) is 0 Å². The first-order valence-corrected chi connectivity index (χ1v) is 10.6. The third kappa shape index (κ3) is 4.39. The average molecular weight is 412 g/mol. The maximum absolute atomic E-state index is 11.4. The molecule has 1 aliphatic rings. The first kappa shape index (κ1) is 19.8. The van der Waals surface area contributed by atoms with Gasteiger partial charge in [0, 0.05) is 17.5 Å². The number of benzene rings is 1. The van der Waals surface area contributed by atoms with Gasteiger partial charge in [0.15, 0.2) is 0 Å². The lowest BCUT2D eigenvalue weighted by molar-refractivity contribution is -0.128. The van der Waals surface area contributed by atoms with Crippen LogP contribution in [0.1, 0.15) is 18.7 Å². The van der Waals surface area contributed by atoms with Crippen molar-refractivity contribution < 1.29 is 9.53 Å². The molecular weight excluding hydrogens is 386 g/mol. The number of thiophene rings is 1. The monoisotopic (exact) mass is 411 g/mol. The topological polar surface area (TPSA) is 93.4 Å². The first-order valence-electron chi connectivity index (χ1n) is 9.68. The lowest BCUT2D eigenvalue weighted by Crippen LogP contribution is -2.30. The summed E-state index contributed by atoms with van der Waals surface area (Å²) in [5.74, 6) is 1.18. The van der Waals surface area contributed by atoms with Crippen molar-refractivity contribution in [3.8, 4) is 11.1 Å². The number of aromatic nitrogens is 2. The summed E-state index contributed by atoms with van der Waals surface area (Å²) in [6, 6.07) is 10.3. The van der Waals surface area contributed by atoms with E-state index in [9.17, 15) is 4.79 Å². The SMILES string of the molecule is CN(C)Cc1nc(NCC2CCC(C(N)=O)O2)c2c(-c3ccccc3)csc2n1. The Kier molecular flexibility index (Phi) is 5.75. The molecule has 2 unspecified atom stereocenters. The van der Waals surface area contributed by atoms with Crippen molar-refractivity contribution in [2.45, 2.75) is 31.6 Å². The Morgan fingerprint density at radius 3 is 2.76 bits per heavy atom. The summed E-state index contributed by atoms with van der Waals surface area (Å²) in [7, 11) is 4.00. The zero-order valence-corrected chi connectivity index (χ0v) is 17.4. The van der Waals surface area contributed by atoms with E-state index in [0.717, 1.165) is 39.4 Å². The van der Waals surface area contributed by atoms with E-state index in [2.05, 4.69) is 22.8 Å². The van der Waals surface area contributed by atoms with Gasteiger partial charge < -0.3 is 20.7 Å². The van der Waals surface area contributed by atoms with Gasteiger partial charge in [0.1, 0.15) is 22.6 Å². The second-order valence-corrected chi connectivity index (χ2v) is 8.39. The minimum absolute atomic E-state index is 0.0615. The van der Waals surface area contributed by atoms with Crippen LogP contribution in [-0.4, -0.2) is 53.6 Å². The van der Waals surface area contributed by atoms with Crippen LogP contribution >= 0.6 is 11.3 Å². The number of hydrogen-bond acceptors (Lipinski definition) is 7. The fourth-order valence-corrected chi connectivity index (χ4v) is 4.54. The second kappa shape index (κ2) is 8.44. The number of hydrogen-bond donors (Lipinski definition) is 2. The Hall–Kier alpha value is -2.55. The van der Waals surface area contributed by atoms with Crippen molar-refractivity contribution in [2.75, 3.05) is 26.0 Å². The predicted octanol–water partition coefficient (Wildman–Crippen LogP) is 2.86. The Labute approximate surface area is 173 Å². The molecular formula is C21H25N5O2S. The van der Waals surface area contributed by atoms with E-state index < -0.39 is 12.0 Å². The Bertz CT molecular complexity index is 1000. The van der Waals surface area contributed by atoms with Crippen LogP contribution in [0.4, 0.5) is 5.82 Å². The number of amides is 1. The Morgan fingerprint density at radius 1 is 1.28 bits per heavy atom. The number of nitrogens with zero attached hydrogens (tertiary/aromatic N) is 3. The maximum Gasteiger partial charge on any atom is 0.246 e. The van der Waals surface area contributed by atoms with Crippen LogP contribution in [0.2, 0.25) is 0 Å². The van der Waals surface area contributed by atoms with Crippen LogP contribution in [0.5, 0.6) is 0 Å². The minimum atomic E-state index is -0.488. The third-order valence-electron chi connectivity index (χ3n) is 4.94. The Balaban J connectivity index is 1.66. The van der Waals surface area contributed by atoms with Gasteiger partial charge in [0.2, 0.25) is 5.91 Å². The minimum Gasteiger partial charge on any atom is -0.367 e. The summed E-state index contributed by atoms with van der Waals surface area (Å²) in [6.45, 7) is 1.23. The van der Waals surface area contributed by atoms with Gasteiger partial charge in [-0.1, -0.05) is 30.3 Å². The van der Waals surface area contributed by atoms with E-state index in [1.165, 1.54) is 0 Å². The van der Waals surface area contributed by atoms with Crippen molar-refractivity contribution in [2.24, 2.45) is 5.73 Å². The van der Waals surface area contributed by atoms with Gasteiger partial charge in [0.05, 0.1) is 18.0 Å². The average Bonchev–Trinajstić information content (AvgIpc) is 3.33. The molecule has 3 heterocycles. The highest BCUT2D eigenvalue weighted by Gasteiger charge is 2.29. The van der Waals surface area contributed by atoms with Crippen molar-refractivity contribution >= 4 is 33.3 Å². The van der Waals surface area contributed by atoms with Crippen LogP contribution in [0, 0.1) is 0 Å². The van der Waals surface area contributed by atoms with E-state index in [-0.39, 0.29) is 6.10 Å². The van der Waals surface area contributed by atoms with Gasteiger partial charge >= 0.3 is 0 Å². The van der Waals surface area contributed by atoms with Crippen LogP contribution < -0.4 is 11.1 Å². The molecule has 4 rings (SSSR count). The van der Waals surface area contributed by atoms with E-state index in [1.54, 1.807) is 11.3 Å². The van der Waals surface area contributed by atoms with E-state index in [4.69, 9.17) is 20.4 Å². The van der Waals surface area contributed by atoms with E-state index >= 15 is 0 Å². The molecule has 0 saturated carbocycles. The van der Waals surface area contributed by atoms with Crippen LogP contribution in [-0.2, 0) is 16.1 Å².